The third kappa shape index (κ3) is 4.53. The minimum atomic E-state index is -1.49. The number of hydrogen-bond donors (Lipinski definition) is 4. The van der Waals surface area contributed by atoms with Crippen LogP contribution in [0.3, 0.4) is 0 Å². The summed E-state index contributed by atoms with van der Waals surface area (Å²) in [4.78, 5) is 13.0. The molecule has 1 aliphatic heterocycles. The lowest BCUT2D eigenvalue weighted by molar-refractivity contribution is -0.231. The number of ketones is 1. The zero-order valence-electron chi connectivity index (χ0n) is 15.7. The van der Waals surface area contributed by atoms with Gasteiger partial charge in [-0.25, -0.2) is 0 Å². The van der Waals surface area contributed by atoms with Crippen LogP contribution in [0.4, 0.5) is 0 Å². The van der Waals surface area contributed by atoms with Gasteiger partial charge in [0.05, 0.1) is 13.2 Å². The Kier molecular flexibility index (Phi) is 7.05. The molecule has 4 N–H and O–H groups in total. The Bertz CT molecular complexity index is 853. The number of ether oxygens (including phenoxy) is 2. The molecule has 8 heteroatoms. The van der Waals surface area contributed by atoms with Crippen molar-refractivity contribution < 1.29 is 34.7 Å². The number of carbonyl (C=O) groups excluding carboxylic acids is 1. The van der Waals surface area contributed by atoms with E-state index in [-0.39, 0.29) is 5.78 Å². The number of aliphatic hydroxyl groups is 4. The van der Waals surface area contributed by atoms with Crippen molar-refractivity contribution in [2.45, 2.75) is 37.4 Å². The van der Waals surface area contributed by atoms with Crippen LogP contribution < -0.4 is 4.74 Å². The molecule has 3 rings (SSSR count). The summed E-state index contributed by atoms with van der Waals surface area (Å²) in [6.07, 6.45) is -6.37. The standard InChI is InChI=1S/C21H23BrO7/c1-2-28-13-6-3-11(4-7-13)17(24)14-9-12(5-8-15(14)22)21-20(27)19(26)18(25)16(10-23)29-21/h3-9,16,18-21,23,25-27H,2,10H2,1H3/t16-,18-,19+,20-,21+/m1/s1. The molecule has 1 fully saturated rings. The number of benzene rings is 2. The monoisotopic (exact) mass is 466 g/mol. The predicted molar refractivity (Wildman–Crippen MR) is 108 cm³/mol. The number of halogens is 1. The van der Waals surface area contributed by atoms with Crippen LogP contribution in [0.15, 0.2) is 46.9 Å². The van der Waals surface area contributed by atoms with Crippen molar-refractivity contribution in [1.82, 2.24) is 0 Å². The average molecular weight is 467 g/mol. The zero-order valence-corrected chi connectivity index (χ0v) is 17.3. The first kappa shape index (κ1) is 21.9. The highest BCUT2D eigenvalue weighted by Gasteiger charge is 2.44. The maximum Gasteiger partial charge on any atom is 0.194 e. The van der Waals surface area contributed by atoms with E-state index < -0.39 is 37.1 Å². The van der Waals surface area contributed by atoms with E-state index in [1.165, 1.54) is 0 Å². The Morgan fingerprint density at radius 2 is 1.76 bits per heavy atom. The molecule has 0 spiro atoms. The van der Waals surface area contributed by atoms with Gasteiger partial charge in [0.1, 0.15) is 36.3 Å². The third-order valence-corrected chi connectivity index (χ3v) is 5.57. The molecule has 5 atom stereocenters. The van der Waals surface area contributed by atoms with Gasteiger partial charge in [0, 0.05) is 15.6 Å². The van der Waals surface area contributed by atoms with Crippen LogP contribution in [-0.4, -0.2) is 63.8 Å². The summed E-state index contributed by atoms with van der Waals surface area (Å²) in [6, 6.07) is 11.6. The van der Waals surface area contributed by atoms with Crippen LogP contribution in [0.5, 0.6) is 5.75 Å². The van der Waals surface area contributed by atoms with E-state index in [0.29, 0.717) is 33.5 Å². The Morgan fingerprint density at radius 1 is 1.07 bits per heavy atom. The lowest BCUT2D eigenvalue weighted by Crippen LogP contribution is -2.55. The van der Waals surface area contributed by atoms with Gasteiger partial charge in [0.15, 0.2) is 5.78 Å². The molecule has 7 nitrogen and oxygen atoms in total. The highest BCUT2D eigenvalue weighted by molar-refractivity contribution is 9.10. The van der Waals surface area contributed by atoms with Crippen LogP contribution in [0.2, 0.25) is 0 Å². The molecule has 2 aromatic carbocycles. The highest BCUT2D eigenvalue weighted by atomic mass is 79.9. The second kappa shape index (κ2) is 9.34. The molecule has 0 bridgehead atoms. The van der Waals surface area contributed by atoms with Gasteiger partial charge in [-0.15, -0.1) is 0 Å². The summed E-state index contributed by atoms with van der Waals surface area (Å²) in [5.74, 6) is 0.421. The van der Waals surface area contributed by atoms with Crippen LogP contribution in [0, 0.1) is 0 Å². The lowest BCUT2D eigenvalue weighted by Gasteiger charge is -2.40. The third-order valence-electron chi connectivity index (χ3n) is 4.88. The molecule has 0 radical (unpaired) electrons. The molecule has 2 aromatic rings. The lowest BCUT2D eigenvalue weighted by atomic mass is 9.90. The molecule has 0 unspecified atom stereocenters. The predicted octanol–water partition coefficient (Wildman–Crippen LogP) is 1.59. The number of aliphatic hydroxyl groups excluding tert-OH is 4. The van der Waals surface area contributed by atoms with Gasteiger partial charge in [0.25, 0.3) is 0 Å². The van der Waals surface area contributed by atoms with Gasteiger partial charge in [-0.1, -0.05) is 22.0 Å². The van der Waals surface area contributed by atoms with E-state index in [4.69, 9.17) is 9.47 Å². The van der Waals surface area contributed by atoms with E-state index in [9.17, 15) is 25.2 Å². The largest absolute Gasteiger partial charge is 0.494 e. The fourth-order valence-corrected chi connectivity index (χ4v) is 3.72. The molecule has 1 heterocycles. The second-order valence-electron chi connectivity index (χ2n) is 6.78. The Labute approximate surface area is 176 Å². The first-order chi connectivity index (χ1) is 13.9. The minimum Gasteiger partial charge on any atom is -0.494 e. The van der Waals surface area contributed by atoms with Crippen molar-refractivity contribution in [2.75, 3.05) is 13.2 Å². The number of rotatable bonds is 6. The Hall–Kier alpha value is -1.81. The van der Waals surface area contributed by atoms with Crippen LogP contribution >= 0.6 is 15.9 Å². The van der Waals surface area contributed by atoms with E-state index in [1.54, 1.807) is 42.5 Å². The molecular weight excluding hydrogens is 444 g/mol. The van der Waals surface area contributed by atoms with Crippen LogP contribution in [-0.2, 0) is 4.74 Å². The average Bonchev–Trinajstić information content (AvgIpc) is 2.73. The van der Waals surface area contributed by atoms with E-state index in [1.807, 2.05) is 6.92 Å². The fourth-order valence-electron chi connectivity index (χ4n) is 3.30. The molecule has 156 valence electrons. The maximum absolute atomic E-state index is 13.0. The first-order valence-electron chi connectivity index (χ1n) is 9.24. The SMILES string of the molecule is CCOc1ccc(C(=O)c2cc([C@@H]3O[C@H](CO)[C@@H](O)[C@H](O)[C@H]3O)ccc2Br)cc1. The number of hydrogen-bond acceptors (Lipinski definition) is 7. The van der Waals surface area contributed by atoms with Crippen LogP contribution in [0.25, 0.3) is 0 Å². The smallest absolute Gasteiger partial charge is 0.194 e. The maximum atomic E-state index is 13.0. The molecule has 29 heavy (non-hydrogen) atoms. The van der Waals surface area contributed by atoms with Crippen molar-refractivity contribution in [2.24, 2.45) is 0 Å². The van der Waals surface area contributed by atoms with Gasteiger partial charge < -0.3 is 29.9 Å². The van der Waals surface area contributed by atoms with Gasteiger partial charge in [-0.2, -0.15) is 0 Å². The Balaban J connectivity index is 1.90. The van der Waals surface area contributed by atoms with Crippen molar-refractivity contribution >= 4 is 21.7 Å². The van der Waals surface area contributed by atoms with Gasteiger partial charge in [-0.3, -0.25) is 4.79 Å². The molecule has 0 saturated carbocycles. The first-order valence-corrected chi connectivity index (χ1v) is 10.0. The van der Waals surface area contributed by atoms with Crippen LogP contribution in [0.1, 0.15) is 34.5 Å². The quantitative estimate of drug-likeness (QED) is 0.477. The highest BCUT2D eigenvalue weighted by Crippen LogP contribution is 2.34. The topological polar surface area (TPSA) is 116 Å². The molecule has 0 aromatic heterocycles. The molecular formula is C21H23BrO7. The minimum absolute atomic E-state index is 0.244. The van der Waals surface area contributed by atoms with Crippen molar-refractivity contribution in [3.05, 3.63) is 63.6 Å². The Morgan fingerprint density at radius 3 is 2.38 bits per heavy atom. The zero-order chi connectivity index (χ0) is 21.1. The number of carbonyl (C=O) groups is 1. The molecule has 1 saturated heterocycles. The summed E-state index contributed by atoms with van der Waals surface area (Å²) in [6.45, 7) is 1.89. The summed E-state index contributed by atoms with van der Waals surface area (Å²) in [7, 11) is 0. The van der Waals surface area contributed by atoms with Gasteiger partial charge in [-0.05, 0) is 48.9 Å². The molecule has 0 amide bonds. The van der Waals surface area contributed by atoms with E-state index in [0.717, 1.165) is 0 Å². The van der Waals surface area contributed by atoms with Gasteiger partial charge in [0.2, 0.25) is 0 Å². The van der Waals surface area contributed by atoms with Crippen molar-refractivity contribution in [1.29, 1.82) is 0 Å². The summed E-state index contributed by atoms with van der Waals surface area (Å²) in [5, 5.41) is 39.7. The summed E-state index contributed by atoms with van der Waals surface area (Å²) < 4.78 is 11.5. The molecule has 0 aliphatic carbocycles. The normalized spacial score (nSPS) is 26.9. The summed E-state index contributed by atoms with van der Waals surface area (Å²) >= 11 is 3.38. The van der Waals surface area contributed by atoms with E-state index >= 15 is 0 Å². The van der Waals surface area contributed by atoms with E-state index in [2.05, 4.69) is 15.9 Å². The summed E-state index contributed by atoms with van der Waals surface area (Å²) in [5.41, 5.74) is 1.25. The van der Waals surface area contributed by atoms with Crippen molar-refractivity contribution in [3.63, 3.8) is 0 Å². The van der Waals surface area contributed by atoms with Gasteiger partial charge >= 0.3 is 0 Å². The van der Waals surface area contributed by atoms with Crippen molar-refractivity contribution in [3.8, 4) is 5.75 Å². The fraction of sp³-hybridized carbons (Fsp3) is 0.381. The molecule has 1 aliphatic rings. The second-order valence-corrected chi connectivity index (χ2v) is 7.63.